The Morgan fingerprint density at radius 2 is 2.00 bits per heavy atom. The molecule has 2 aromatic rings. The quantitative estimate of drug-likeness (QED) is 0.657. The molecular weight excluding hydrogens is 292 g/mol. The van der Waals surface area contributed by atoms with E-state index in [9.17, 15) is 0 Å². The first-order valence-electron chi connectivity index (χ1n) is 5.70. The minimum absolute atomic E-state index is 1.09. The van der Waals surface area contributed by atoms with E-state index in [0.717, 1.165) is 6.42 Å². The van der Waals surface area contributed by atoms with E-state index in [1.165, 1.54) is 36.5 Å². The Labute approximate surface area is 114 Å². The summed E-state index contributed by atoms with van der Waals surface area (Å²) in [7, 11) is 0. The number of aryl methyl sites for hydroxylation is 1. The van der Waals surface area contributed by atoms with Crippen LogP contribution >= 0.6 is 27.3 Å². The molecule has 3 rings (SSSR count). The average Bonchev–Trinajstić information content (AvgIpc) is 2.83. The summed E-state index contributed by atoms with van der Waals surface area (Å²) in [6.45, 7) is 4.35. The molecule has 17 heavy (non-hydrogen) atoms. The van der Waals surface area contributed by atoms with Gasteiger partial charge in [-0.25, -0.2) is 0 Å². The molecule has 2 heteroatoms. The molecule has 0 nitrogen and oxygen atoms in total. The Morgan fingerprint density at radius 3 is 2.71 bits per heavy atom. The average molecular weight is 305 g/mol. The van der Waals surface area contributed by atoms with Gasteiger partial charge in [-0.2, -0.15) is 0 Å². The van der Waals surface area contributed by atoms with Crippen LogP contribution in [0.3, 0.4) is 0 Å². The molecule has 0 saturated heterocycles. The Hall–Kier alpha value is -0.860. The van der Waals surface area contributed by atoms with E-state index >= 15 is 0 Å². The molecule has 1 heterocycles. The molecule has 0 radical (unpaired) electrons. The normalized spacial score (nSPS) is 13.7. The van der Waals surface area contributed by atoms with Gasteiger partial charge in [0.1, 0.15) is 0 Å². The van der Waals surface area contributed by atoms with Crippen molar-refractivity contribution in [3.05, 3.63) is 50.3 Å². The molecule has 0 N–H and O–H groups in total. The summed E-state index contributed by atoms with van der Waals surface area (Å²) >= 11 is 5.55. The van der Waals surface area contributed by atoms with Crippen LogP contribution in [0.2, 0.25) is 0 Å². The minimum atomic E-state index is 1.09. The molecule has 1 aromatic heterocycles. The molecule has 0 atom stereocenters. The number of hydrogen-bond acceptors (Lipinski definition) is 1. The summed E-state index contributed by atoms with van der Waals surface area (Å²) in [5, 5.41) is 0. The lowest BCUT2D eigenvalue weighted by Gasteiger charge is -2.06. The predicted molar refractivity (Wildman–Crippen MR) is 79.5 cm³/mol. The van der Waals surface area contributed by atoms with Crippen molar-refractivity contribution in [3.8, 4) is 10.4 Å². The van der Waals surface area contributed by atoms with Gasteiger partial charge in [-0.1, -0.05) is 27.6 Å². The third kappa shape index (κ3) is 2.00. The van der Waals surface area contributed by atoms with Crippen LogP contribution < -0.4 is 0 Å². The van der Waals surface area contributed by atoms with E-state index in [0.29, 0.717) is 0 Å². The van der Waals surface area contributed by atoms with Crippen LogP contribution in [0.25, 0.3) is 16.5 Å². The standard InChI is InChI=1S/C15H13BrS/c1-9-5-11-7-12(8-14(16)13(11)6-9)15-4-3-10(2)17-15/h3-4,6-8H,5H2,1-2H3. The first kappa shape index (κ1) is 11.2. The highest BCUT2D eigenvalue weighted by Crippen LogP contribution is 2.37. The van der Waals surface area contributed by atoms with Crippen LogP contribution in [0.1, 0.15) is 22.9 Å². The van der Waals surface area contributed by atoms with Gasteiger partial charge in [0.2, 0.25) is 0 Å². The van der Waals surface area contributed by atoms with E-state index in [1.54, 1.807) is 0 Å². The molecule has 86 valence electrons. The second-order valence-corrected chi connectivity index (χ2v) is 6.75. The second kappa shape index (κ2) is 4.11. The molecule has 0 bridgehead atoms. The number of benzene rings is 1. The summed E-state index contributed by atoms with van der Waals surface area (Å²) in [5.74, 6) is 0. The molecule has 0 aliphatic heterocycles. The summed E-state index contributed by atoms with van der Waals surface area (Å²) < 4.78 is 1.22. The lowest BCUT2D eigenvalue weighted by atomic mass is 10.0. The van der Waals surface area contributed by atoms with E-state index in [1.807, 2.05) is 11.3 Å². The number of thiophene rings is 1. The van der Waals surface area contributed by atoms with Crippen LogP contribution in [0.15, 0.2) is 34.3 Å². The Balaban J connectivity index is 2.12. The van der Waals surface area contributed by atoms with Crippen molar-refractivity contribution in [2.45, 2.75) is 20.3 Å². The SMILES string of the molecule is CC1=Cc2c(Br)cc(-c3ccc(C)s3)cc2C1. The van der Waals surface area contributed by atoms with Crippen LogP contribution in [0.4, 0.5) is 0 Å². The zero-order valence-corrected chi connectivity index (χ0v) is 12.3. The second-order valence-electron chi connectivity index (χ2n) is 4.61. The highest BCUT2D eigenvalue weighted by molar-refractivity contribution is 9.10. The van der Waals surface area contributed by atoms with Gasteiger partial charge >= 0.3 is 0 Å². The maximum Gasteiger partial charge on any atom is 0.0346 e. The van der Waals surface area contributed by atoms with Crippen LogP contribution in [0, 0.1) is 6.92 Å². The van der Waals surface area contributed by atoms with Crippen LogP contribution in [-0.4, -0.2) is 0 Å². The third-order valence-corrected chi connectivity index (χ3v) is 4.81. The fourth-order valence-electron chi connectivity index (χ4n) is 2.31. The van der Waals surface area contributed by atoms with Crippen LogP contribution in [0.5, 0.6) is 0 Å². The van der Waals surface area contributed by atoms with Crippen molar-refractivity contribution in [3.63, 3.8) is 0 Å². The molecular formula is C15H13BrS. The van der Waals surface area contributed by atoms with E-state index < -0.39 is 0 Å². The van der Waals surface area contributed by atoms with Gasteiger partial charge < -0.3 is 0 Å². The van der Waals surface area contributed by atoms with E-state index in [2.05, 4.69) is 60.1 Å². The number of allylic oxidation sites excluding steroid dienone is 1. The maximum absolute atomic E-state index is 3.69. The highest BCUT2D eigenvalue weighted by Gasteiger charge is 2.14. The number of halogens is 1. The summed E-state index contributed by atoms with van der Waals surface area (Å²) in [4.78, 5) is 2.72. The third-order valence-electron chi connectivity index (χ3n) is 3.10. The Morgan fingerprint density at radius 1 is 1.18 bits per heavy atom. The molecule has 1 aliphatic rings. The van der Waals surface area contributed by atoms with Gasteiger partial charge in [0, 0.05) is 14.2 Å². The number of rotatable bonds is 1. The van der Waals surface area contributed by atoms with Crippen molar-refractivity contribution in [1.29, 1.82) is 0 Å². The molecule has 1 aromatic carbocycles. The highest BCUT2D eigenvalue weighted by atomic mass is 79.9. The van der Waals surface area contributed by atoms with Gasteiger partial charge in [0.05, 0.1) is 0 Å². The van der Waals surface area contributed by atoms with Gasteiger partial charge in [-0.05, 0) is 61.2 Å². The lowest BCUT2D eigenvalue weighted by molar-refractivity contribution is 1.19. The first-order chi connectivity index (χ1) is 8.13. The summed E-state index contributed by atoms with van der Waals surface area (Å²) in [6.07, 6.45) is 3.37. The topological polar surface area (TPSA) is 0 Å². The first-order valence-corrected chi connectivity index (χ1v) is 7.31. The Kier molecular flexibility index (Phi) is 2.72. The predicted octanol–water partition coefficient (Wildman–Crippen LogP) is 5.45. The summed E-state index contributed by atoms with van der Waals surface area (Å²) in [6, 6.07) is 8.96. The van der Waals surface area contributed by atoms with Gasteiger partial charge in [-0.15, -0.1) is 11.3 Å². The largest absolute Gasteiger partial charge is 0.141 e. The maximum atomic E-state index is 3.69. The van der Waals surface area contributed by atoms with Crippen molar-refractivity contribution in [2.24, 2.45) is 0 Å². The zero-order valence-electron chi connectivity index (χ0n) is 9.88. The Bertz CT molecular complexity index is 620. The van der Waals surface area contributed by atoms with Crippen molar-refractivity contribution in [2.75, 3.05) is 0 Å². The van der Waals surface area contributed by atoms with Gasteiger partial charge in [0.15, 0.2) is 0 Å². The number of fused-ring (bicyclic) bond motifs is 1. The van der Waals surface area contributed by atoms with Crippen LogP contribution in [-0.2, 0) is 6.42 Å². The van der Waals surface area contributed by atoms with E-state index in [4.69, 9.17) is 0 Å². The minimum Gasteiger partial charge on any atom is -0.141 e. The summed E-state index contributed by atoms with van der Waals surface area (Å²) in [5.41, 5.74) is 5.58. The van der Waals surface area contributed by atoms with Gasteiger partial charge in [-0.3, -0.25) is 0 Å². The van der Waals surface area contributed by atoms with Gasteiger partial charge in [0.25, 0.3) is 0 Å². The zero-order chi connectivity index (χ0) is 12.0. The molecule has 0 spiro atoms. The molecule has 0 fully saturated rings. The molecule has 0 unspecified atom stereocenters. The fourth-order valence-corrected chi connectivity index (χ4v) is 3.78. The van der Waals surface area contributed by atoms with Crippen molar-refractivity contribution >= 4 is 33.3 Å². The molecule has 0 amide bonds. The molecule has 0 saturated carbocycles. The lowest BCUT2D eigenvalue weighted by Crippen LogP contribution is -1.86. The van der Waals surface area contributed by atoms with Crippen molar-refractivity contribution in [1.82, 2.24) is 0 Å². The monoisotopic (exact) mass is 304 g/mol. The smallest absolute Gasteiger partial charge is 0.0346 e. The van der Waals surface area contributed by atoms with E-state index in [-0.39, 0.29) is 0 Å². The molecule has 1 aliphatic carbocycles. The number of hydrogen-bond donors (Lipinski definition) is 0. The van der Waals surface area contributed by atoms with Crippen molar-refractivity contribution < 1.29 is 0 Å². The fraction of sp³-hybridized carbons (Fsp3) is 0.200.